The second-order valence-electron chi connectivity index (χ2n) is 8.16. The number of hydrogen-bond donors (Lipinski definition) is 0. The quantitative estimate of drug-likeness (QED) is 0.342. The molecule has 0 N–H and O–H groups in total. The first-order valence-electron chi connectivity index (χ1n) is 11.0. The molecular weight excluding hydrogens is 530 g/mol. The van der Waals surface area contributed by atoms with Gasteiger partial charge in [0.1, 0.15) is 35.6 Å². The number of hydrogen-bond acceptors (Lipinski definition) is 9. The standard InChI is InChI=1S/C23H19ClF2N6O4S/c1-35-23-21-16(4-6-27-23)22-31-30-20(12-37(33,34)7-5-19-28-9-13(24)10-29-19)32(22)18(11-36-21)15-3-2-14(25)8-17(15)26/h2-4,6,8-10,18H,5,7,11-12H2,1H3/t18-/m0/s1. The highest BCUT2D eigenvalue weighted by Gasteiger charge is 2.33. The minimum Gasteiger partial charge on any atom is -0.485 e. The molecule has 4 heterocycles. The summed E-state index contributed by atoms with van der Waals surface area (Å²) in [4.78, 5) is 12.2. The summed E-state index contributed by atoms with van der Waals surface area (Å²) in [5.74, 6) is -1.30. The predicted molar refractivity (Wildman–Crippen MR) is 128 cm³/mol. The van der Waals surface area contributed by atoms with Crippen molar-refractivity contribution >= 4 is 21.4 Å². The summed E-state index contributed by atoms with van der Waals surface area (Å²) in [5, 5.41) is 8.70. The normalized spacial score (nSPS) is 14.9. The van der Waals surface area contributed by atoms with Gasteiger partial charge in [0.2, 0.25) is 0 Å². The molecular formula is C23H19ClF2N6O4S. The first kappa shape index (κ1) is 25.0. The molecule has 5 rings (SSSR count). The third-order valence-electron chi connectivity index (χ3n) is 5.75. The van der Waals surface area contributed by atoms with Crippen LogP contribution in [0.3, 0.4) is 0 Å². The van der Waals surface area contributed by atoms with Gasteiger partial charge in [0, 0.05) is 36.6 Å². The number of benzene rings is 1. The Morgan fingerprint density at radius 1 is 1.16 bits per heavy atom. The molecule has 1 aliphatic rings. The number of ether oxygens (including phenoxy) is 2. The Morgan fingerprint density at radius 3 is 2.68 bits per heavy atom. The average molecular weight is 549 g/mol. The molecule has 4 aromatic rings. The molecule has 37 heavy (non-hydrogen) atoms. The second kappa shape index (κ2) is 9.98. The molecule has 0 aliphatic carbocycles. The van der Waals surface area contributed by atoms with Crippen molar-refractivity contribution in [2.24, 2.45) is 0 Å². The third-order valence-corrected chi connectivity index (χ3v) is 7.47. The molecule has 0 saturated carbocycles. The molecule has 0 unspecified atom stereocenters. The Kier molecular flexibility index (Phi) is 6.73. The van der Waals surface area contributed by atoms with Crippen LogP contribution in [-0.4, -0.2) is 57.6 Å². The fraction of sp³-hybridized carbons (Fsp3) is 0.261. The summed E-state index contributed by atoms with van der Waals surface area (Å²) in [6, 6.07) is 3.85. The molecule has 0 radical (unpaired) electrons. The van der Waals surface area contributed by atoms with Crippen molar-refractivity contribution in [3.63, 3.8) is 0 Å². The molecule has 0 saturated heterocycles. The van der Waals surface area contributed by atoms with Gasteiger partial charge in [-0.05, 0) is 12.1 Å². The molecule has 10 nitrogen and oxygen atoms in total. The number of nitrogens with zero attached hydrogens (tertiary/aromatic N) is 6. The maximum absolute atomic E-state index is 14.9. The van der Waals surface area contributed by atoms with Gasteiger partial charge in [-0.2, -0.15) is 0 Å². The van der Waals surface area contributed by atoms with Crippen molar-refractivity contribution in [2.45, 2.75) is 18.2 Å². The molecule has 1 aromatic carbocycles. The minimum absolute atomic E-state index is 0.0608. The van der Waals surface area contributed by atoms with Crippen LogP contribution in [0.1, 0.15) is 23.3 Å². The lowest BCUT2D eigenvalue weighted by Crippen LogP contribution is -2.23. The van der Waals surface area contributed by atoms with Crippen molar-refractivity contribution in [1.29, 1.82) is 0 Å². The zero-order chi connectivity index (χ0) is 26.2. The number of aryl methyl sites for hydroxylation is 1. The van der Waals surface area contributed by atoms with Crippen LogP contribution >= 0.6 is 11.6 Å². The summed E-state index contributed by atoms with van der Waals surface area (Å²) < 4.78 is 67.5. The first-order valence-corrected chi connectivity index (χ1v) is 13.2. The SMILES string of the molecule is COc1nccc2c1OC[C@@H](c1ccc(F)cc1F)n1c(CS(=O)(=O)CCc3ncc(Cl)cn3)nnc1-2. The molecule has 0 amide bonds. The van der Waals surface area contributed by atoms with E-state index in [1.54, 1.807) is 6.07 Å². The number of pyridine rings is 1. The Labute approximate surface area is 215 Å². The zero-order valence-corrected chi connectivity index (χ0v) is 20.9. The largest absolute Gasteiger partial charge is 0.485 e. The average Bonchev–Trinajstić information content (AvgIpc) is 3.18. The Hall–Kier alpha value is -3.71. The van der Waals surface area contributed by atoms with E-state index in [1.807, 2.05) is 0 Å². The van der Waals surface area contributed by atoms with E-state index < -0.39 is 33.3 Å². The first-order chi connectivity index (χ1) is 17.8. The zero-order valence-electron chi connectivity index (χ0n) is 19.3. The van der Waals surface area contributed by atoms with Crippen molar-refractivity contribution in [2.75, 3.05) is 19.5 Å². The topological polar surface area (TPSA) is 122 Å². The van der Waals surface area contributed by atoms with Gasteiger partial charge in [-0.25, -0.2) is 32.2 Å². The maximum Gasteiger partial charge on any atom is 0.257 e. The summed E-state index contributed by atoms with van der Waals surface area (Å²) in [5.41, 5.74) is 0.512. The molecule has 0 bridgehead atoms. The lowest BCUT2D eigenvalue weighted by atomic mass is 10.1. The number of aromatic nitrogens is 6. The summed E-state index contributed by atoms with van der Waals surface area (Å²) in [6.07, 6.45) is 4.31. The number of methoxy groups -OCH3 is 1. The van der Waals surface area contributed by atoms with Gasteiger partial charge < -0.3 is 9.47 Å². The monoisotopic (exact) mass is 548 g/mol. The molecule has 1 aliphatic heterocycles. The van der Waals surface area contributed by atoms with Crippen molar-refractivity contribution in [3.8, 4) is 23.0 Å². The molecule has 192 valence electrons. The van der Waals surface area contributed by atoms with Crippen molar-refractivity contribution in [1.82, 2.24) is 29.7 Å². The highest BCUT2D eigenvalue weighted by molar-refractivity contribution is 7.90. The van der Waals surface area contributed by atoms with Gasteiger partial charge in [0.25, 0.3) is 5.88 Å². The predicted octanol–water partition coefficient (Wildman–Crippen LogP) is 3.21. The van der Waals surface area contributed by atoms with E-state index in [9.17, 15) is 17.2 Å². The number of halogens is 3. The lowest BCUT2D eigenvalue weighted by molar-refractivity contribution is 0.258. The van der Waals surface area contributed by atoms with Crippen LogP contribution in [0.4, 0.5) is 8.78 Å². The molecule has 1 atom stereocenters. The van der Waals surface area contributed by atoms with E-state index in [-0.39, 0.29) is 47.6 Å². The van der Waals surface area contributed by atoms with Crippen LogP contribution in [0.15, 0.2) is 42.9 Å². The van der Waals surface area contributed by atoms with Crippen molar-refractivity contribution < 1.29 is 26.7 Å². The molecule has 0 spiro atoms. The highest BCUT2D eigenvalue weighted by Crippen LogP contribution is 2.41. The van der Waals surface area contributed by atoms with E-state index in [4.69, 9.17) is 21.1 Å². The smallest absolute Gasteiger partial charge is 0.257 e. The Morgan fingerprint density at radius 2 is 1.95 bits per heavy atom. The molecule has 0 fully saturated rings. The van der Waals surface area contributed by atoms with Crippen LogP contribution < -0.4 is 9.47 Å². The third kappa shape index (κ3) is 5.09. The van der Waals surface area contributed by atoms with E-state index in [0.29, 0.717) is 16.4 Å². The van der Waals surface area contributed by atoms with Gasteiger partial charge >= 0.3 is 0 Å². The van der Waals surface area contributed by atoms with Crippen LogP contribution in [0.2, 0.25) is 5.02 Å². The molecule has 3 aromatic heterocycles. The summed E-state index contributed by atoms with van der Waals surface area (Å²) in [6.45, 7) is -0.145. The Balaban J connectivity index is 1.55. The maximum atomic E-state index is 14.9. The lowest BCUT2D eigenvalue weighted by Gasteiger charge is -2.20. The summed E-state index contributed by atoms with van der Waals surface area (Å²) >= 11 is 5.79. The van der Waals surface area contributed by atoms with Gasteiger partial charge in [-0.1, -0.05) is 17.7 Å². The van der Waals surface area contributed by atoms with Crippen LogP contribution in [-0.2, 0) is 22.0 Å². The fourth-order valence-electron chi connectivity index (χ4n) is 4.04. The van der Waals surface area contributed by atoms with Gasteiger partial charge in [-0.3, -0.25) is 4.57 Å². The van der Waals surface area contributed by atoms with Gasteiger partial charge in [0.05, 0.1) is 29.5 Å². The fourth-order valence-corrected chi connectivity index (χ4v) is 5.37. The van der Waals surface area contributed by atoms with Gasteiger partial charge in [-0.15, -0.1) is 10.2 Å². The number of fused-ring (bicyclic) bond motifs is 3. The van der Waals surface area contributed by atoms with Crippen molar-refractivity contribution in [3.05, 3.63) is 76.7 Å². The second-order valence-corrected chi connectivity index (χ2v) is 10.8. The van der Waals surface area contributed by atoms with E-state index in [2.05, 4.69) is 25.1 Å². The van der Waals surface area contributed by atoms with Crippen LogP contribution in [0, 0.1) is 11.6 Å². The number of rotatable bonds is 7. The van der Waals surface area contributed by atoms with E-state index in [1.165, 1.54) is 36.3 Å². The van der Waals surface area contributed by atoms with E-state index in [0.717, 1.165) is 12.1 Å². The Bertz CT molecular complexity index is 1570. The molecule has 14 heteroatoms. The highest BCUT2D eigenvalue weighted by atomic mass is 35.5. The summed E-state index contributed by atoms with van der Waals surface area (Å²) in [7, 11) is -2.32. The minimum atomic E-state index is -3.74. The van der Waals surface area contributed by atoms with Crippen LogP contribution in [0.25, 0.3) is 11.4 Å². The van der Waals surface area contributed by atoms with Crippen LogP contribution in [0.5, 0.6) is 11.6 Å². The number of sulfone groups is 1. The van der Waals surface area contributed by atoms with Gasteiger partial charge in [0.15, 0.2) is 21.4 Å². The van der Waals surface area contributed by atoms with E-state index >= 15 is 0 Å².